The minimum atomic E-state index is -2.10. The summed E-state index contributed by atoms with van der Waals surface area (Å²) in [7, 11) is -2.35. The first kappa shape index (κ1) is 32.3. The third kappa shape index (κ3) is 4.80. The van der Waals surface area contributed by atoms with Crippen molar-refractivity contribution in [1.82, 2.24) is 9.80 Å². The number of likely N-dealkylation sites (tertiary alicyclic amines) is 2. The fourth-order valence-electron chi connectivity index (χ4n) is 4.82. The molecule has 4 aliphatic rings. The number of β-lactam (4-membered cyclic amide) rings is 8. The Labute approximate surface area is 247 Å². The van der Waals surface area contributed by atoms with E-state index in [0.29, 0.717) is 6.42 Å². The number of hydrogen-bond acceptors (Lipinski definition) is 9. The van der Waals surface area contributed by atoms with E-state index < -0.39 is 74.7 Å². The monoisotopic (exact) mass is 639 g/mol. The van der Waals surface area contributed by atoms with Gasteiger partial charge in [0.2, 0.25) is 10.8 Å². The summed E-state index contributed by atoms with van der Waals surface area (Å²) in [6, 6.07) is 1.96. The molecule has 0 aromatic carbocycles. The van der Waals surface area contributed by atoms with Gasteiger partial charge >= 0.3 is 0 Å². The first-order valence-corrected chi connectivity index (χ1v) is 18.2. The Morgan fingerprint density at radius 2 is 1.05 bits per heavy atom. The van der Waals surface area contributed by atoms with E-state index in [4.69, 9.17) is 4.12 Å². The molecule has 4 rings (SSSR count). The summed E-state index contributed by atoms with van der Waals surface area (Å²) in [6.45, 7) is 11.2. The normalized spacial score (nSPS) is 21.0. The van der Waals surface area contributed by atoms with Gasteiger partial charge in [0, 0.05) is 46.3 Å². The average Bonchev–Trinajstić information content (AvgIpc) is 2.80. The third-order valence-electron chi connectivity index (χ3n) is 6.92. The van der Waals surface area contributed by atoms with Crippen LogP contribution in [0.15, 0.2) is 0 Å². The van der Waals surface area contributed by atoms with Crippen LogP contribution in [0.5, 0.6) is 0 Å². The number of amides is 8. The molecule has 8 amide bonds. The predicted molar refractivity (Wildman–Crippen MR) is 131 cm³/mol. The van der Waals surface area contributed by atoms with Crippen LogP contribution in [0.4, 0.5) is 0 Å². The van der Waals surface area contributed by atoms with Crippen LogP contribution in [0.25, 0.3) is 10.6 Å². The van der Waals surface area contributed by atoms with Gasteiger partial charge in [-0.2, -0.15) is 0 Å². The van der Waals surface area contributed by atoms with Gasteiger partial charge in [-0.3, -0.25) is 29.0 Å². The Bertz CT molecular complexity index is 1080. The van der Waals surface area contributed by atoms with Crippen LogP contribution in [0, 0.1) is 10.8 Å². The van der Waals surface area contributed by atoms with Gasteiger partial charge in [0.25, 0.3) is 23.6 Å². The molecule has 0 saturated carbocycles. The van der Waals surface area contributed by atoms with E-state index in [2.05, 4.69) is 43.7 Å². The topological polar surface area (TPSA) is 180 Å². The number of imide groups is 4. The molecular weight excluding hydrogens is 609 g/mol. The molecule has 4 aliphatic heterocycles. The Morgan fingerprint density at radius 3 is 1.39 bits per heavy atom. The maximum Gasteiger partial charge on any atom is 0.256 e. The van der Waals surface area contributed by atoms with Crippen LogP contribution in [0.1, 0.15) is 26.2 Å². The quantitative estimate of drug-likeness (QED) is 0.200. The Hall–Kier alpha value is -1.94. The summed E-state index contributed by atoms with van der Waals surface area (Å²) in [5, 5.41) is 5.95. The van der Waals surface area contributed by atoms with Crippen molar-refractivity contribution < 1.29 is 75.2 Å². The van der Waals surface area contributed by atoms with E-state index in [0.717, 1.165) is 28.3 Å². The zero-order valence-corrected chi connectivity index (χ0v) is 27.1. The second kappa shape index (κ2) is 10.9. The number of carbonyl (C=O) groups excluding carboxylic acids is 8. The van der Waals surface area contributed by atoms with Crippen molar-refractivity contribution in [1.29, 1.82) is 0 Å². The molecule has 0 aromatic rings. The summed E-state index contributed by atoms with van der Waals surface area (Å²) in [4.78, 5) is 92.3. The molecule has 13 nitrogen and oxygen atoms in total. The van der Waals surface area contributed by atoms with E-state index in [1.165, 1.54) is 13.5 Å². The molecule has 0 aromatic heterocycles. The number of hydrogen-bond donors (Lipinski definition) is 0. The summed E-state index contributed by atoms with van der Waals surface area (Å²) < 4.78 is 6.49. The molecular formula is C22H30N4O9Si2Y-2. The largest absolute Gasteiger partial charge is 0.592 e. The van der Waals surface area contributed by atoms with Gasteiger partial charge in [-0.1, -0.05) is 19.8 Å². The fourth-order valence-corrected chi connectivity index (χ4v) is 13.8. The number of rotatable bonds is 9. The minimum Gasteiger partial charge on any atom is -0.592 e. The molecule has 4 fully saturated rings. The van der Waals surface area contributed by atoms with Gasteiger partial charge in [-0.15, -0.1) is 0 Å². The van der Waals surface area contributed by atoms with Crippen molar-refractivity contribution in [3.63, 3.8) is 0 Å². The fraction of sp³-hybridized carbons (Fsp3) is 0.636. The third-order valence-corrected chi connectivity index (χ3v) is 14.5. The maximum absolute atomic E-state index is 12.1. The van der Waals surface area contributed by atoms with E-state index in [1.807, 2.05) is 0 Å². The zero-order valence-electron chi connectivity index (χ0n) is 22.3. The summed E-state index contributed by atoms with van der Waals surface area (Å²) >= 11 is 0. The van der Waals surface area contributed by atoms with Gasteiger partial charge in [-0.05, 0) is 44.7 Å². The van der Waals surface area contributed by atoms with Crippen molar-refractivity contribution >= 4 is 63.9 Å². The molecule has 0 atom stereocenters. The van der Waals surface area contributed by atoms with Crippen molar-refractivity contribution in [2.75, 3.05) is 13.6 Å². The molecule has 4 saturated heterocycles. The molecule has 205 valence electrons. The van der Waals surface area contributed by atoms with Crippen LogP contribution in [0.2, 0.25) is 38.3 Å². The predicted octanol–water partition coefficient (Wildman–Crippen LogP) is 0.809. The number of nitrogens with zero attached hydrogens (tertiary/aromatic N) is 4. The van der Waals surface area contributed by atoms with E-state index >= 15 is 0 Å². The van der Waals surface area contributed by atoms with Crippen LogP contribution in [0.3, 0.4) is 0 Å². The van der Waals surface area contributed by atoms with Crippen LogP contribution in [-0.4, -0.2) is 87.3 Å². The van der Waals surface area contributed by atoms with E-state index in [-0.39, 0.29) is 39.3 Å². The summed E-state index contributed by atoms with van der Waals surface area (Å²) in [6.07, 6.45) is 2.96. The van der Waals surface area contributed by atoms with Crippen molar-refractivity contribution in [3.05, 3.63) is 10.6 Å². The molecule has 4 heterocycles. The SMILES string of the molecule is CCCC[Si](C)(C)O[Si](C)(C)CCCN1C(=O)C2(C(=O)[N-]C2=O)C1=O.CN1C(=O)C2(C(=O)[N-]C2=O)C1=O.[Y]. The van der Waals surface area contributed by atoms with Gasteiger partial charge in [-0.25, -0.2) is 0 Å². The van der Waals surface area contributed by atoms with Crippen LogP contribution >= 0.6 is 0 Å². The van der Waals surface area contributed by atoms with Crippen molar-refractivity contribution in [3.8, 4) is 0 Å². The standard InChI is InChI=1S/C16H28N2O5Si2.C6H4N2O4.Y/c1-6-7-10-24(2,3)23-25(4,5)11-8-9-18-14(21)16(15(18)22)12(19)17-13(16)20;1-8-4(11)6(5(8)12)2(9)7-3(6)10;/h6-11H2,1-5H3,(H,17,19,20);1H3,(H,7,9,10);/p-2. The molecule has 38 heavy (non-hydrogen) atoms. The minimum absolute atomic E-state index is 0. The van der Waals surface area contributed by atoms with Gasteiger partial charge in [0.1, 0.15) is 0 Å². The zero-order chi connectivity index (χ0) is 28.1. The average molecular weight is 640 g/mol. The van der Waals surface area contributed by atoms with Crippen LogP contribution in [-0.2, 0) is 75.2 Å². The maximum atomic E-state index is 12.1. The first-order chi connectivity index (χ1) is 17.0. The Kier molecular flexibility index (Phi) is 9.26. The van der Waals surface area contributed by atoms with E-state index in [9.17, 15) is 38.4 Å². The Morgan fingerprint density at radius 1 is 0.684 bits per heavy atom. The summed E-state index contributed by atoms with van der Waals surface area (Å²) in [5.74, 6) is -6.63. The van der Waals surface area contributed by atoms with E-state index in [1.54, 1.807) is 0 Å². The molecule has 0 aliphatic carbocycles. The van der Waals surface area contributed by atoms with Crippen LogP contribution < -0.4 is 0 Å². The molecule has 2 spiro atoms. The molecule has 0 bridgehead atoms. The molecule has 0 unspecified atom stereocenters. The number of unbranched alkanes of at least 4 members (excludes halogenated alkanes) is 1. The molecule has 1 radical (unpaired) electrons. The van der Waals surface area contributed by atoms with Gasteiger partial charge in [0.05, 0.1) is 23.6 Å². The smallest absolute Gasteiger partial charge is 0.256 e. The molecule has 0 N–H and O–H groups in total. The first-order valence-electron chi connectivity index (χ1n) is 12.0. The second-order valence-corrected chi connectivity index (χ2v) is 19.6. The second-order valence-electron chi connectivity index (χ2n) is 10.7. The van der Waals surface area contributed by atoms with Gasteiger partial charge < -0.3 is 33.9 Å². The molecule has 16 heteroatoms. The Balaban J connectivity index is 0.000000325. The number of carbonyl (C=O) groups is 8. The van der Waals surface area contributed by atoms with Crippen molar-refractivity contribution in [2.45, 2.75) is 64.5 Å². The summed E-state index contributed by atoms with van der Waals surface area (Å²) in [5.41, 5.74) is -4.15. The van der Waals surface area contributed by atoms with Crippen molar-refractivity contribution in [2.24, 2.45) is 10.8 Å². The van der Waals surface area contributed by atoms with Gasteiger partial charge in [0.15, 0.2) is 16.6 Å².